The molecule has 0 atom stereocenters. The molecule has 0 bridgehead atoms. The first-order valence-electron chi connectivity index (χ1n) is 3.72. The second-order valence-corrected chi connectivity index (χ2v) is 2.22. The van der Waals surface area contributed by atoms with Gasteiger partial charge in [-0.1, -0.05) is 37.7 Å². The van der Waals surface area contributed by atoms with E-state index >= 15 is 0 Å². The summed E-state index contributed by atoms with van der Waals surface area (Å²) in [5.74, 6) is 0. The van der Waals surface area contributed by atoms with Gasteiger partial charge in [-0.15, -0.1) is 0 Å². The highest BCUT2D eigenvalue weighted by molar-refractivity contribution is 4.49. The molecule has 0 N–H and O–H groups in total. The van der Waals surface area contributed by atoms with Crippen molar-refractivity contribution in [3.8, 4) is 0 Å². The summed E-state index contributed by atoms with van der Waals surface area (Å²) in [4.78, 5) is 2.67. The van der Waals surface area contributed by atoms with Gasteiger partial charge in [0.2, 0.25) is 0 Å². The lowest BCUT2D eigenvalue weighted by molar-refractivity contribution is 0.651. The summed E-state index contributed by atoms with van der Waals surface area (Å²) in [5, 5.41) is 3.43. The molecule has 57 valence electrons. The minimum Gasteiger partial charge on any atom is -0.0940 e. The van der Waals surface area contributed by atoms with Gasteiger partial charge in [0.1, 0.15) is 0 Å². The zero-order valence-electron chi connectivity index (χ0n) is 6.29. The molecule has 0 aromatic heterocycles. The van der Waals surface area contributed by atoms with Crippen molar-refractivity contribution in [2.75, 3.05) is 6.54 Å². The third kappa shape index (κ3) is 7.31. The van der Waals surface area contributed by atoms with E-state index < -0.39 is 0 Å². The molecule has 0 rings (SSSR count). The van der Waals surface area contributed by atoms with Gasteiger partial charge in [-0.05, 0) is 12.0 Å². The van der Waals surface area contributed by atoms with Gasteiger partial charge < -0.3 is 0 Å². The largest absolute Gasteiger partial charge is 0.0940 e. The first kappa shape index (κ1) is 9.31. The molecule has 0 heterocycles. The molecule has 0 amide bonds. The summed E-state index contributed by atoms with van der Waals surface area (Å²) >= 11 is 0. The van der Waals surface area contributed by atoms with Crippen LogP contribution in [0.2, 0.25) is 0 Å². The standard InChI is InChI=1S/C7H14N3/c1-2-3-4-5-6-7-9-10-8/h1-7H2. The van der Waals surface area contributed by atoms with Crippen LogP contribution in [-0.4, -0.2) is 6.54 Å². The molecule has 0 aliphatic heterocycles. The van der Waals surface area contributed by atoms with Crippen molar-refractivity contribution in [3.05, 3.63) is 17.4 Å². The molecule has 3 heteroatoms. The Morgan fingerprint density at radius 2 is 1.90 bits per heavy atom. The molecular weight excluding hydrogens is 126 g/mol. The van der Waals surface area contributed by atoms with Crippen LogP contribution in [0.15, 0.2) is 5.11 Å². The minimum absolute atomic E-state index is 0.646. The normalized spacial score (nSPS) is 8.90. The maximum Gasteiger partial charge on any atom is 0.0257 e. The summed E-state index contributed by atoms with van der Waals surface area (Å²) in [6, 6.07) is 0. The molecule has 0 spiro atoms. The lowest BCUT2D eigenvalue weighted by Crippen LogP contribution is -1.80. The topological polar surface area (TPSA) is 48.8 Å². The van der Waals surface area contributed by atoms with Crippen molar-refractivity contribution in [1.29, 1.82) is 0 Å². The molecule has 3 nitrogen and oxygen atoms in total. The van der Waals surface area contributed by atoms with Crippen LogP contribution in [0.1, 0.15) is 32.1 Å². The Morgan fingerprint density at radius 1 is 1.20 bits per heavy atom. The third-order valence-electron chi connectivity index (χ3n) is 1.32. The van der Waals surface area contributed by atoms with Gasteiger partial charge in [-0.2, -0.15) is 0 Å². The van der Waals surface area contributed by atoms with E-state index in [9.17, 15) is 0 Å². The summed E-state index contributed by atoms with van der Waals surface area (Å²) in [7, 11) is 0. The zero-order chi connectivity index (χ0) is 7.66. The minimum atomic E-state index is 0.646. The molecule has 0 fully saturated rings. The molecule has 0 aliphatic rings. The number of nitrogens with zero attached hydrogens (tertiary/aromatic N) is 3. The van der Waals surface area contributed by atoms with Crippen LogP contribution >= 0.6 is 0 Å². The second-order valence-electron chi connectivity index (χ2n) is 2.22. The smallest absolute Gasteiger partial charge is 0.0257 e. The van der Waals surface area contributed by atoms with E-state index in [1.807, 2.05) is 0 Å². The lowest BCUT2D eigenvalue weighted by atomic mass is 10.2. The van der Waals surface area contributed by atoms with Gasteiger partial charge in [0.25, 0.3) is 0 Å². The molecular formula is C7H14N3. The quantitative estimate of drug-likeness (QED) is 0.235. The summed E-state index contributed by atoms with van der Waals surface area (Å²) in [5.41, 5.74) is 7.92. The fourth-order valence-corrected chi connectivity index (χ4v) is 0.758. The van der Waals surface area contributed by atoms with E-state index in [0.717, 1.165) is 19.3 Å². The third-order valence-corrected chi connectivity index (χ3v) is 1.32. The Hall–Kier alpha value is -0.690. The van der Waals surface area contributed by atoms with Gasteiger partial charge in [0.15, 0.2) is 0 Å². The maximum absolute atomic E-state index is 7.92. The monoisotopic (exact) mass is 140 g/mol. The predicted octanol–water partition coefficient (Wildman–Crippen LogP) is 3.08. The summed E-state index contributed by atoms with van der Waals surface area (Å²) in [6.45, 7) is 4.38. The van der Waals surface area contributed by atoms with E-state index in [1.165, 1.54) is 12.8 Å². The first-order valence-corrected chi connectivity index (χ1v) is 3.72. The van der Waals surface area contributed by atoms with E-state index in [1.54, 1.807) is 0 Å². The van der Waals surface area contributed by atoms with Gasteiger partial charge >= 0.3 is 0 Å². The Morgan fingerprint density at radius 3 is 2.50 bits per heavy atom. The molecule has 0 saturated carbocycles. The molecule has 0 aromatic carbocycles. The van der Waals surface area contributed by atoms with E-state index in [0.29, 0.717) is 6.54 Å². The highest BCUT2D eigenvalue weighted by Gasteiger charge is 1.85. The van der Waals surface area contributed by atoms with E-state index in [-0.39, 0.29) is 0 Å². The van der Waals surface area contributed by atoms with E-state index in [2.05, 4.69) is 16.9 Å². The number of unbranched alkanes of at least 4 members (excludes halogenated alkanes) is 4. The van der Waals surface area contributed by atoms with Gasteiger partial charge in [-0.3, -0.25) is 0 Å². The number of rotatable bonds is 6. The lowest BCUT2D eigenvalue weighted by Gasteiger charge is -1.93. The van der Waals surface area contributed by atoms with Gasteiger partial charge in [0, 0.05) is 11.5 Å². The Bertz CT molecular complexity index is 105. The van der Waals surface area contributed by atoms with Crippen LogP contribution in [0, 0.1) is 6.92 Å². The van der Waals surface area contributed by atoms with Crippen LogP contribution in [0.3, 0.4) is 0 Å². The Kier molecular flexibility index (Phi) is 7.74. The highest BCUT2D eigenvalue weighted by atomic mass is 15.1. The van der Waals surface area contributed by atoms with E-state index in [4.69, 9.17) is 5.53 Å². The Labute approximate surface area is 62.1 Å². The number of azide groups is 1. The molecule has 0 aliphatic carbocycles. The van der Waals surface area contributed by atoms with Crippen LogP contribution in [-0.2, 0) is 0 Å². The fraction of sp³-hybridized carbons (Fsp3) is 0.857. The summed E-state index contributed by atoms with van der Waals surface area (Å²) in [6.07, 6.45) is 5.60. The molecule has 10 heavy (non-hydrogen) atoms. The van der Waals surface area contributed by atoms with Gasteiger partial charge in [0.05, 0.1) is 0 Å². The average Bonchev–Trinajstić information content (AvgIpc) is 1.97. The number of hydrogen-bond acceptors (Lipinski definition) is 1. The summed E-state index contributed by atoms with van der Waals surface area (Å²) < 4.78 is 0. The van der Waals surface area contributed by atoms with Crippen LogP contribution < -0.4 is 0 Å². The first-order chi connectivity index (χ1) is 4.91. The molecule has 0 unspecified atom stereocenters. The Balaban J connectivity index is 2.83. The van der Waals surface area contributed by atoms with Crippen LogP contribution in [0.4, 0.5) is 0 Å². The van der Waals surface area contributed by atoms with Crippen molar-refractivity contribution >= 4 is 0 Å². The van der Waals surface area contributed by atoms with Crippen molar-refractivity contribution < 1.29 is 0 Å². The van der Waals surface area contributed by atoms with Crippen molar-refractivity contribution in [2.45, 2.75) is 32.1 Å². The molecule has 0 aromatic rings. The predicted molar refractivity (Wildman–Crippen MR) is 42.5 cm³/mol. The number of hydrogen-bond donors (Lipinski definition) is 0. The SMILES string of the molecule is [CH2]CCCCCCN=[N+]=[N-]. The van der Waals surface area contributed by atoms with Crippen LogP contribution in [0.5, 0.6) is 0 Å². The van der Waals surface area contributed by atoms with Crippen LogP contribution in [0.25, 0.3) is 10.4 Å². The van der Waals surface area contributed by atoms with Gasteiger partial charge in [-0.25, -0.2) is 0 Å². The van der Waals surface area contributed by atoms with Crippen molar-refractivity contribution in [3.63, 3.8) is 0 Å². The fourth-order valence-electron chi connectivity index (χ4n) is 0.758. The molecule has 0 saturated heterocycles. The highest BCUT2D eigenvalue weighted by Crippen LogP contribution is 2.01. The van der Waals surface area contributed by atoms with Crippen molar-refractivity contribution in [2.24, 2.45) is 5.11 Å². The molecule has 1 radical (unpaired) electrons. The second kappa shape index (κ2) is 8.31. The average molecular weight is 140 g/mol. The zero-order valence-corrected chi connectivity index (χ0v) is 6.29. The van der Waals surface area contributed by atoms with Crippen molar-refractivity contribution in [1.82, 2.24) is 0 Å². The maximum atomic E-state index is 7.92.